The molecule has 1 atom stereocenters. The number of aliphatic hydroxyl groups excluding tert-OH is 1. The minimum Gasteiger partial charge on any atom is -0.507 e. The van der Waals surface area contributed by atoms with Gasteiger partial charge in [-0.15, -0.1) is 0 Å². The molecule has 0 spiro atoms. The van der Waals surface area contributed by atoms with Crippen molar-refractivity contribution < 1.29 is 19.1 Å². The molecular formula is C24H21BrN2O4. The largest absolute Gasteiger partial charge is 0.507 e. The Balaban J connectivity index is 1.84. The molecule has 3 aromatic rings. The monoisotopic (exact) mass is 480 g/mol. The summed E-state index contributed by atoms with van der Waals surface area (Å²) in [6.07, 6.45) is 1.52. The van der Waals surface area contributed by atoms with Crippen molar-refractivity contribution in [3.05, 3.63) is 93.9 Å². The maximum absolute atomic E-state index is 13.0. The predicted molar refractivity (Wildman–Crippen MR) is 121 cm³/mol. The summed E-state index contributed by atoms with van der Waals surface area (Å²) >= 11 is 3.37. The maximum atomic E-state index is 13.0. The molecule has 2 aromatic carbocycles. The van der Waals surface area contributed by atoms with Gasteiger partial charge in [0.25, 0.3) is 11.7 Å². The molecule has 1 fully saturated rings. The van der Waals surface area contributed by atoms with E-state index in [1.54, 1.807) is 36.4 Å². The smallest absolute Gasteiger partial charge is 0.296 e. The predicted octanol–water partition coefficient (Wildman–Crippen LogP) is 4.73. The average molecular weight is 481 g/mol. The van der Waals surface area contributed by atoms with Crippen LogP contribution in [0.5, 0.6) is 0 Å². The van der Waals surface area contributed by atoms with Gasteiger partial charge in [-0.05, 0) is 42.0 Å². The van der Waals surface area contributed by atoms with E-state index in [9.17, 15) is 14.7 Å². The lowest BCUT2D eigenvalue weighted by atomic mass is 9.95. The number of carbonyl (C=O) groups excluding carboxylic acids is 2. The Bertz CT molecular complexity index is 1130. The third-order valence-electron chi connectivity index (χ3n) is 5.29. The van der Waals surface area contributed by atoms with E-state index in [-0.39, 0.29) is 17.9 Å². The van der Waals surface area contributed by atoms with E-state index in [0.717, 1.165) is 15.7 Å². The lowest BCUT2D eigenvalue weighted by Gasteiger charge is -2.25. The zero-order valence-electron chi connectivity index (χ0n) is 17.1. The first-order chi connectivity index (χ1) is 14.9. The summed E-state index contributed by atoms with van der Waals surface area (Å²) in [7, 11) is 3.87. The fourth-order valence-electron chi connectivity index (χ4n) is 3.68. The number of furan rings is 1. The summed E-state index contributed by atoms with van der Waals surface area (Å²) in [4.78, 5) is 29.4. The van der Waals surface area contributed by atoms with Crippen molar-refractivity contribution in [3.8, 4) is 0 Å². The Hall–Kier alpha value is -3.32. The number of nitrogens with zero attached hydrogens (tertiary/aromatic N) is 2. The molecule has 1 aliphatic rings. The molecular weight excluding hydrogens is 460 g/mol. The lowest BCUT2D eigenvalue weighted by Crippen LogP contribution is -2.29. The number of Topliss-reactive ketones (excluding diaryl/α,β-unsaturated/α-hetero) is 1. The fourth-order valence-corrected chi connectivity index (χ4v) is 3.94. The van der Waals surface area contributed by atoms with Crippen LogP contribution in [0.2, 0.25) is 0 Å². The second kappa shape index (κ2) is 8.43. The van der Waals surface area contributed by atoms with Crippen molar-refractivity contribution in [1.82, 2.24) is 4.90 Å². The van der Waals surface area contributed by atoms with Crippen LogP contribution in [-0.2, 0) is 16.1 Å². The summed E-state index contributed by atoms with van der Waals surface area (Å²) in [5, 5.41) is 11.1. The van der Waals surface area contributed by atoms with Crippen molar-refractivity contribution in [3.63, 3.8) is 0 Å². The van der Waals surface area contributed by atoms with E-state index >= 15 is 0 Å². The van der Waals surface area contributed by atoms with Crippen LogP contribution in [0.25, 0.3) is 5.76 Å². The molecule has 0 bridgehead atoms. The zero-order chi connectivity index (χ0) is 22.1. The zero-order valence-corrected chi connectivity index (χ0v) is 18.7. The van der Waals surface area contributed by atoms with Crippen molar-refractivity contribution in [2.75, 3.05) is 19.0 Å². The molecule has 158 valence electrons. The van der Waals surface area contributed by atoms with Crippen LogP contribution in [0.15, 0.2) is 81.4 Å². The van der Waals surface area contributed by atoms with Crippen molar-refractivity contribution >= 4 is 39.1 Å². The molecule has 4 rings (SSSR count). The summed E-state index contributed by atoms with van der Waals surface area (Å²) in [5.74, 6) is -1.03. The second-order valence-electron chi connectivity index (χ2n) is 7.50. The van der Waals surface area contributed by atoms with Crippen LogP contribution in [0.3, 0.4) is 0 Å². The van der Waals surface area contributed by atoms with E-state index < -0.39 is 17.7 Å². The van der Waals surface area contributed by atoms with Crippen LogP contribution < -0.4 is 4.90 Å². The van der Waals surface area contributed by atoms with Gasteiger partial charge in [0.2, 0.25) is 0 Å². The van der Waals surface area contributed by atoms with Gasteiger partial charge in [0, 0.05) is 29.8 Å². The van der Waals surface area contributed by atoms with Crippen LogP contribution in [0.4, 0.5) is 5.69 Å². The molecule has 1 aliphatic heterocycles. The minimum atomic E-state index is -0.732. The third-order valence-corrected chi connectivity index (χ3v) is 5.82. The standard InChI is InChI=1S/C24H21BrN2O4/c1-26(2)18-11-7-15(8-12-18)21-20(22(28)16-5-9-17(25)10-6-16)23(29)24(30)27(21)14-19-4-3-13-31-19/h3-13,21,28H,14H2,1-2H3/b22-20+. The molecule has 1 saturated heterocycles. The number of aliphatic hydroxyl groups is 1. The number of hydrogen-bond donors (Lipinski definition) is 1. The Morgan fingerprint density at radius 2 is 1.74 bits per heavy atom. The van der Waals surface area contributed by atoms with E-state index in [4.69, 9.17) is 4.42 Å². The number of rotatable bonds is 5. The molecule has 6 nitrogen and oxygen atoms in total. The summed E-state index contributed by atoms with van der Waals surface area (Å²) in [5.41, 5.74) is 2.25. The molecule has 1 unspecified atom stereocenters. The highest BCUT2D eigenvalue weighted by Gasteiger charge is 2.46. The molecule has 0 aliphatic carbocycles. The first-order valence-corrected chi connectivity index (χ1v) is 10.5. The first kappa shape index (κ1) is 20.9. The van der Waals surface area contributed by atoms with E-state index in [0.29, 0.717) is 11.3 Å². The second-order valence-corrected chi connectivity index (χ2v) is 8.41. The van der Waals surface area contributed by atoms with Gasteiger partial charge in [0.15, 0.2) is 0 Å². The van der Waals surface area contributed by atoms with Gasteiger partial charge >= 0.3 is 0 Å². The number of amides is 1. The number of benzene rings is 2. The normalized spacial score (nSPS) is 17.9. The molecule has 31 heavy (non-hydrogen) atoms. The molecule has 0 saturated carbocycles. The number of anilines is 1. The van der Waals surface area contributed by atoms with Crippen molar-refractivity contribution in [1.29, 1.82) is 0 Å². The number of likely N-dealkylation sites (tertiary alicyclic amines) is 1. The van der Waals surface area contributed by atoms with Gasteiger partial charge in [0.1, 0.15) is 11.5 Å². The molecule has 2 heterocycles. The van der Waals surface area contributed by atoms with Crippen LogP contribution in [-0.4, -0.2) is 35.8 Å². The summed E-state index contributed by atoms with van der Waals surface area (Å²) < 4.78 is 6.26. The number of halogens is 1. The third kappa shape index (κ3) is 4.01. The van der Waals surface area contributed by atoms with Gasteiger partial charge < -0.3 is 19.3 Å². The number of ketones is 1. The lowest BCUT2D eigenvalue weighted by molar-refractivity contribution is -0.140. The highest BCUT2D eigenvalue weighted by molar-refractivity contribution is 9.10. The first-order valence-electron chi connectivity index (χ1n) is 9.71. The number of carbonyl (C=O) groups is 2. The van der Waals surface area contributed by atoms with Crippen LogP contribution in [0.1, 0.15) is 22.9 Å². The Morgan fingerprint density at radius 1 is 1.06 bits per heavy atom. The molecule has 1 aromatic heterocycles. The summed E-state index contributed by atoms with van der Waals surface area (Å²) in [6, 6.07) is 17.3. The van der Waals surface area contributed by atoms with Gasteiger partial charge in [-0.2, -0.15) is 0 Å². The minimum absolute atomic E-state index is 0.0662. The SMILES string of the molecule is CN(C)c1ccc(C2/C(=C(\O)c3ccc(Br)cc3)C(=O)C(=O)N2Cc2ccco2)cc1. The van der Waals surface area contributed by atoms with Crippen LogP contribution >= 0.6 is 15.9 Å². The fraction of sp³-hybridized carbons (Fsp3) is 0.167. The van der Waals surface area contributed by atoms with Gasteiger partial charge in [0.05, 0.1) is 24.4 Å². The molecule has 1 N–H and O–H groups in total. The van der Waals surface area contributed by atoms with Crippen molar-refractivity contribution in [2.45, 2.75) is 12.6 Å². The highest BCUT2D eigenvalue weighted by Crippen LogP contribution is 2.40. The highest BCUT2D eigenvalue weighted by atomic mass is 79.9. The van der Waals surface area contributed by atoms with E-state index in [1.165, 1.54) is 11.2 Å². The van der Waals surface area contributed by atoms with E-state index in [2.05, 4.69) is 15.9 Å². The quantitative estimate of drug-likeness (QED) is 0.324. The summed E-state index contributed by atoms with van der Waals surface area (Å²) in [6.45, 7) is 0.120. The van der Waals surface area contributed by atoms with Crippen LogP contribution in [0, 0.1) is 0 Å². The molecule has 7 heteroatoms. The molecule has 0 radical (unpaired) electrons. The van der Waals surface area contributed by atoms with Gasteiger partial charge in [-0.3, -0.25) is 9.59 Å². The average Bonchev–Trinajstić information content (AvgIpc) is 3.36. The Labute approximate surface area is 188 Å². The Kier molecular flexibility index (Phi) is 5.69. The molecule has 1 amide bonds. The topological polar surface area (TPSA) is 74.0 Å². The maximum Gasteiger partial charge on any atom is 0.296 e. The van der Waals surface area contributed by atoms with Crippen molar-refractivity contribution in [2.24, 2.45) is 0 Å². The van der Waals surface area contributed by atoms with Gasteiger partial charge in [-0.25, -0.2) is 0 Å². The van der Waals surface area contributed by atoms with E-state index in [1.807, 2.05) is 43.3 Å². The Morgan fingerprint density at radius 3 is 2.32 bits per heavy atom. The van der Waals surface area contributed by atoms with Gasteiger partial charge in [-0.1, -0.05) is 40.2 Å². The number of hydrogen-bond acceptors (Lipinski definition) is 5.